The average molecular weight is 236 g/mol. The summed E-state index contributed by atoms with van der Waals surface area (Å²) >= 11 is 0. The van der Waals surface area contributed by atoms with Crippen LogP contribution in [0, 0.1) is 5.82 Å². The second-order valence-electron chi connectivity index (χ2n) is 4.75. The summed E-state index contributed by atoms with van der Waals surface area (Å²) in [6, 6.07) is 7.80. The van der Waals surface area contributed by atoms with Crippen LogP contribution in [0.5, 0.6) is 0 Å². The number of halogens is 1. The molecule has 0 spiro atoms. The number of hydrogen-bond donors (Lipinski definition) is 1. The Morgan fingerprint density at radius 1 is 1.47 bits per heavy atom. The van der Waals surface area contributed by atoms with Crippen molar-refractivity contribution in [3.05, 3.63) is 35.6 Å². The maximum Gasteiger partial charge on any atom is 0.127 e. The zero-order chi connectivity index (χ0) is 12.3. The standard InChI is InChI=1S/C14H21FN2/c1-3-12-10-17(9-8-16-12)11(2)13-6-4-5-7-14(13)15/h4-7,11-12,16H,3,8-10H2,1-2H3. The highest BCUT2D eigenvalue weighted by atomic mass is 19.1. The van der Waals surface area contributed by atoms with E-state index in [2.05, 4.69) is 24.1 Å². The highest BCUT2D eigenvalue weighted by molar-refractivity contribution is 5.20. The van der Waals surface area contributed by atoms with Crippen molar-refractivity contribution in [1.82, 2.24) is 10.2 Å². The molecule has 1 aromatic carbocycles. The molecule has 0 amide bonds. The average Bonchev–Trinajstić information content (AvgIpc) is 2.38. The molecule has 3 heteroatoms. The Morgan fingerprint density at radius 2 is 2.24 bits per heavy atom. The van der Waals surface area contributed by atoms with Crippen LogP contribution in [0.4, 0.5) is 4.39 Å². The van der Waals surface area contributed by atoms with Gasteiger partial charge in [-0.3, -0.25) is 4.90 Å². The monoisotopic (exact) mass is 236 g/mol. The Labute approximate surface area is 103 Å². The van der Waals surface area contributed by atoms with Crippen LogP contribution in [0.1, 0.15) is 31.9 Å². The van der Waals surface area contributed by atoms with E-state index in [0.717, 1.165) is 31.6 Å². The summed E-state index contributed by atoms with van der Waals surface area (Å²) in [6.45, 7) is 7.28. The number of benzene rings is 1. The Bertz CT molecular complexity index is 367. The molecular weight excluding hydrogens is 215 g/mol. The first kappa shape index (κ1) is 12.5. The van der Waals surface area contributed by atoms with E-state index < -0.39 is 0 Å². The second kappa shape index (κ2) is 5.61. The van der Waals surface area contributed by atoms with E-state index in [4.69, 9.17) is 0 Å². The number of nitrogens with one attached hydrogen (secondary N) is 1. The van der Waals surface area contributed by atoms with Crippen molar-refractivity contribution in [2.75, 3.05) is 19.6 Å². The van der Waals surface area contributed by atoms with Gasteiger partial charge in [-0.15, -0.1) is 0 Å². The maximum absolute atomic E-state index is 13.7. The summed E-state index contributed by atoms with van der Waals surface area (Å²) in [5, 5.41) is 3.48. The molecule has 0 aromatic heterocycles. The van der Waals surface area contributed by atoms with Gasteiger partial charge in [0.05, 0.1) is 0 Å². The molecule has 0 radical (unpaired) electrons. The third-order valence-electron chi connectivity index (χ3n) is 3.68. The highest BCUT2D eigenvalue weighted by Crippen LogP contribution is 2.23. The summed E-state index contributed by atoms with van der Waals surface area (Å²) < 4.78 is 13.7. The smallest absolute Gasteiger partial charge is 0.127 e. The molecule has 1 aliphatic rings. The molecule has 0 bridgehead atoms. The van der Waals surface area contributed by atoms with Gasteiger partial charge in [0.1, 0.15) is 5.82 Å². The lowest BCUT2D eigenvalue weighted by molar-refractivity contribution is 0.149. The molecule has 1 aromatic rings. The molecule has 0 aliphatic carbocycles. The number of rotatable bonds is 3. The van der Waals surface area contributed by atoms with Crippen molar-refractivity contribution in [3.8, 4) is 0 Å². The van der Waals surface area contributed by atoms with E-state index in [-0.39, 0.29) is 11.9 Å². The summed E-state index contributed by atoms with van der Waals surface area (Å²) in [6.07, 6.45) is 1.13. The van der Waals surface area contributed by atoms with Crippen LogP contribution >= 0.6 is 0 Å². The molecule has 2 unspecified atom stereocenters. The lowest BCUT2D eigenvalue weighted by Gasteiger charge is -2.37. The molecule has 1 heterocycles. The van der Waals surface area contributed by atoms with Gasteiger partial charge in [0, 0.05) is 37.3 Å². The summed E-state index contributed by atoms with van der Waals surface area (Å²) in [4.78, 5) is 2.36. The topological polar surface area (TPSA) is 15.3 Å². The molecule has 2 nitrogen and oxygen atoms in total. The van der Waals surface area contributed by atoms with Gasteiger partial charge < -0.3 is 5.32 Å². The van der Waals surface area contributed by atoms with Crippen LogP contribution in [0.3, 0.4) is 0 Å². The van der Waals surface area contributed by atoms with Gasteiger partial charge >= 0.3 is 0 Å². The largest absolute Gasteiger partial charge is 0.311 e. The zero-order valence-electron chi connectivity index (χ0n) is 10.6. The number of piperazine rings is 1. The molecule has 0 saturated carbocycles. The molecule has 2 atom stereocenters. The lowest BCUT2D eigenvalue weighted by atomic mass is 10.0. The first-order valence-corrected chi connectivity index (χ1v) is 6.44. The summed E-state index contributed by atoms with van der Waals surface area (Å²) in [7, 11) is 0. The first-order valence-electron chi connectivity index (χ1n) is 6.44. The van der Waals surface area contributed by atoms with Gasteiger partial charge in [-0.05, 0) is 19.4 Å². The van der Waals surface area contributed by atoms with Gasteiger partial charge in [0.15, 0.2) is 0 Å². The van der Waals surface area contributed by atoms with Crippen LogP contribution < -0.4 is 5.32 Å². The van der Waals surface area contributed by atoms with Crippen LogP contribution in [0.15, 0.2) is 24.3 Å². The third kappa shape index (κ3) is 2.85. The molecule has 1 fully saturated rings. The van der Waals surface area contributed by atoms with Crippen molar-refractivity contribution in [2.45, 2.75) is 32.4 Å². The molecular formula is C14H21FN2. The lowest BCUT2D eigenvalue weighted by Crippen LogP contribution is -2.50. The van der Waals surface area contributed by atoms with Crippen LogP contribution in [0.25, 0.3) is 0 Å². The Kier molecular flexibility index (Phi) is 4.13. The van der Waals surface area contributed by atoms with E-state index in [1.54, 1.807) is 12.1 Å². The minimum Gasteiger partial charge on any atom is -0.311 e. The predicted octanol–water partition coefficient (Wildman–Crippen LogP) is 2.57. The molecule has 1 N–H and O–H groups in total. The fourth-order valence-electron chi connectivity index (χ4n) is 2.49. The number of hydrogen-bond acceptors (Lipinski definition) is 2. The molecule has 1 aliphatic heterocycles. The van der Waals surface area contributed by atoms with Gasteiger partial charge in [-0.1, -0.05) is 25.1 Å². The van der Waals surface area contributed by atoms with Crippen molar-refractivity contribution >= 4 is 0 Å². The van der Waals surface area contributed by atoms with Gasteiger partial charge in [0.25, 0.3) is 0 Å². The fourth-order valence-corrected chi connectivity index (χ4v) is 2.49. The third-order valence-corrected chi connectivity index (χ3v) is 3.68. The molecule has 1 saturated heterocycles. The molecule has 94 valence electrons. The van der Waals surface area contributed by atoms with Crippen LogP contribution in [0.2, 0.25) is 0 Å². The van der Waals surface area contributed by atoms with E-state index in [0.29, 0.717) is 6.04 Å². The Hall–Kier alpha value is -0.930. The minimum atomic E-state index is -0.0911. The molecule has 2 rings (SSSR count). The van der Waals surface area contributed by atoms with Gasteiger partial charge in [-0.25, -0.2) is 4.39 Å². The second-order valence-corrected chi connectivity index (χ2v) is 4.75. The van der Waals surface area contributed by atoms with E-state index >= 15 is 0 Å². The van der Waals surface area contributed by atoms with Crippen LogP contribution in [-0.4, -0.2) is 30.6 Å². The number of nitrogens with zero attached hydrogens (tertiary/aromatic N) is 1. The van der Waals surface area contributed by atoms with Crippen molar-refractivity contribution in [2.24, 2.45) is 0 Å². The predicted molar refractivity (Wildman–Crippen MR) is 68.5 cm³/mol. The van der Waals surface area contributed by atoms with Gasteiger partial charge in [0.2, 0.25) is 0 Å². The zero-order valence-corrected chi connectivity index (χ0v) is 10.6. The van der Waals surface area contributed by atoms with E-state index in [1.807, 2.05) is 12.1 Å². The van der Waals surface area contributed by atoms with Gasteiger partial charge in [-0.2, -0.15) is 0 Å². The highest BCUT2D eigenvalue weighted by Gasteiger charge is 2.24. The minimum absolute atomic E-state index is 0.0911. The SMILES string of the molecule is CCC1CN(C(C)c2ccccc2F)CCN1. The Balaban J connectivity index is 2.09. The fraction of sp³-hybridized carbons (Fsp3) is 0.571. The first-order chi connectivity index (χ1) is 8.22. The maximum atomic E-state index is 13.7. The van der Waals surface area contributed by atoms with Crippen molar-refractivity contribution < 1.29 is 4.39 Å². The van der Waals surface area contributed by atoms with E-state index in [9.17, 15) is 4.39 Å². The van der Waals surface area contributed by atoms with Crippen molar-refractivity contribution in [1.29, 1.82) is 0 Å². The normalized spacial score (nSPS) is 23.6. The van der Waals surface area contributed by atoms with E-state index in [1.165, 1.54) is 0 Å². The van der Waals surface area contributed by atoms with Crippen molar-refractivity contribution in [3.63, 3.8) is 0 Å². The summed E-state index contributed by atoms with van der Waals surface area (Å²) in [5.41, 5.74) is 0.809. The van der Waals surface area contributed by atoms with Crippen LogP contribution in [-0.2, 0) is 0 Å². The summed E-state index contributed by atoms with van der Waals surface area (Å²) in [5.74, 6) is -0.0911. The Morgan fingerprint density at radius 3 is 2.94 bits per heavy atom. The quantitative estimate of drug-likeness (QED) is 0.867. The molecule has 17 heavy (non-hydrogen) atoms.